The first-order valence-corrected chi connectivity index (χ1v) is 14.3. The van der Waals surface area contributed by atoms with E-state index in [9.17, 15) is 4.79 Å². The Balaban J connectivity index is 0.999. The summed E-state index contributed by atoms with van der Waals surface area (Å²) in [4.78, 5) is 22.3. The van der Waals surface area contributed by atoms with Gasteiger partial charge in [0.25, 0.3) is 0 Å². The molecule has 2 amide bonds. The van der Waals surface area contributed by atoms with E-state index in [1.54, 1.807) is 11.3 Å². The molecule has 1 fully saturated rings. The minimum atomic E-state index is 0.0204. The van der Waals surface area contributed by atoms with Gasteiger partial charge in [-0.15, -0.1) is 11.3 Å². The summed E-state index contributed by atoms with van der Waals surface area (Å²) in [6.45, 7) is 6.10. The number of amides is 2. The Kier molecular flexibility index (Phi) is 6.05. The number of aromatic amines is 1. The number of allylic oxidation sites excluding steroid dienone is 2. The number of carbonyl (C=O) groups is 1. The fourth-order valence-corrected chi connectivity index (χ4v) is 7.04. The number of H-pyrrole nitrogens is 1. The van der Waals surface area contributed by atoms with E-state index in [1.807, 2.05) is 18.1 Å². The number of hydrogen-bond donors (Lipinski definition) is 2. The van der Waals surface area contributed by atoms with Crippen molar-refractivity contribution in [3.8, 4) is 11.3 Å². The molecule has 9 heteroatoms. The first-order valence-electron chi connectivity index (χ1n) is 13.5. The van der Waals surface area contributed by atoms with Crippen LogP contribution in [0.25, 0.3) is 21.5 Å². The molecule has 2 aromatic heterocycles. The summed E-state index contributed by atoms with van der Waals surface area (Å²) >= 11 is 1.70. The zero-order chi connectivity index (χ0) is 25.6. The third-order valence-corrected chi connectivity index (χ3v) is 9.05. The van der Waals surface area contributed by atoms with Gasteiger partial charge in [0.05, 0.1) is 33.7 Å². The molecule has 2 unspecified atom stereocenters. The third kappa shape index (κ3) is 4.43. The van der Waals surface area contributed by atoms with Gasteiger partial charge in [-0.25, -0.2) is 9.78 Å². The maximum absolute atomic E-state index is 13.4. The van der Waals surface area contributed by atoms with Gasteiger partial charge < -0.3 is 15.0 Å². The summed E-state index contributed by atoms with van der Waals surface area (Å²) in [6, 6.07) is 6.48. The summed E-state index contributed by atoms with van der Waals surface area (Å²) in [5, 5.41) is 12.3. The molecule has 1 saturated heterocycles. The highest BCUT2D eigenvalue weighted by molar-refractivity contribution is 7.18. The average molecular weight is 529 g/mol. The molecule has 2 N–H and O–H groups in total. The second-order valence-corrected chi connectivity index (χ2v) is 12.0. The number of urea groups is 1. The smallest absolute Gasteiger partial charge is 0.317 e. The number of aryl methyl sites for hydroxylation is 1. The topological polar surface area (TPSA) is 86.4 Å². The van der Waals surface area contributed by atoms with E-state index < -0.39 is 0 Å². The standard InChI is InChI=1S/C29H32N6O2S/c1-18-30-25-9-8-19(13-27(25)38-18)28-23-16-35(12-10-24(23)32-33-28)29(36)31-21-5-4-11-34(15-21)14-20-17-37-26-7-3-2-6-22(20)26/h2-3,6-9,13,17,21-22,26H,4-5,10-12,14-16H2,1H3,(H,31,36)(H,32,33)/t21-,22?,26?/m1/s1. The summed E-state index contributed by atoms with van der Waals surface area (Å²) in [6.07, 6.45) is 13.5. The van der Waals surface area contributed by atoms with Crippen LogP contribution in [-0.2, 0) is 17.7 Å². The molecule has 3 aromatic rings. The lowest BCUT2D eigenvalue weighted by Gasteiger charge is -2.36. The molecule has 0 radical (unpaired) electrons. The van der Waals surface area contributed by atoms with Crippen LogP contribution in [0, 0.1) is 12.8 Å². The maximum atomic E-state index is 13.4. The van der Waals surface area contributed by atoms with Crippen molar-refractivity contribution in [3.63, 3.8) is 0 Å². The first kappa shape index (κ1) is 23.7. The number of piperidine rings is 1. The average Bonchev–Trinajstić information content (AvgIpc) is 3.64. The van der Waals surface area contributed by atoms with Crippen LogP contribution in [0.4, 0.5) is 4.79 Å². The predicted molar refractivity (Wildman–Crippen MR) is 149 cm³/mol. The Hall–Kier alpha value is -3.43. The molecule has 0 saturated carbocycles. The van der Waals surface area contributed by atoms with Gasteiger partial charge >= 0.3 is 6.03 Å². The largest absolute Gasteiger partial charge is 0.493 e. The molecular formula is C29H32N6O2S. The highest BCUT2D eigenvalue weighted by atomic mass is 32.1. The molecule has 3 atom stereocenters. The van der Waals surface area contributed by atoms with E-state index in [1.165, 1.54) is 5.57 Å². The van der Waals surface area contributed by atoms with Crippen LogP contribution in [0.2, 0.25) is 0 Å². The van der Waals surface area contributed by atoms with Gasteiger partial charge in [-0.3, -0.25) is 10.00 Å². The number of fused-ring (bicyclic) bond motifs is 3. The zero-order valence-corrected chi connectivity index (χ0v) is 22.3. The van der Waals surface area contributed by atoms with Gasteiger partial charge in [0.2, 0.25) is 0 Å². The summed E-state index contributed by atoms with van der Waals surface area (Å²) < 4.78 is 7.02. The number of benzene rings is 1. The molecule has 196 valence electrons. The van der Waals surface area contributed by atoms with E-state index in [2.05, 4.69) is 67.9 Å². The Morgan fingerprint density at radius 3 is 3.13 bits per heavy atom. The Bertz CT molecular complexity index is 1470. The van der Waals surface area contributed by atoms with Crippen LogP contribution in [0.3, 0.4) is 0 Å². The molecule has 3 aliphatic heterocycles. The SMILES string of the molecule is Cc1nc2ccc(-c3n[nH]c4c3CN(C(=O)N[C@@H]3CCCN(CC5=COC6C=CC=CC56)C3)CC4)cc2s1. The normalized spacial score (nSPS) is 24.7. The molecule has 4 aliphatic rings. The van der Waals surface area contributed by atoms with Gasteiger partial charge in [-0.1, -0.05) is 24.3 Å². The van der Waals surface area contributed by atoms with E-state index in [-0.39, 0.29) is 18.2 Å². The minimum Gasteiger partial charge on any atom is -0.493 e. The van der Waals surface area contributed by atoms with E-state index >= 15 is 0 Å². The number of carbonyl (C=O) groups excluding carboxylic acids is 1. The molecule has 7 rings (SSSR count). The van der Waals surface area contributed by atoms with Crippen molar-refractivity contribution >= 4 is 27.6 Å². The van der Waals surface area contributed by atoms with Gasteiger partial charge in [0.1, 0.15) is 6.10 Å². The van der Waals surface area contributed by atoms with Crippen LogP contribution in [-0.4, -0.2) is 69.3 Å². The van der Waals surface area contributed by atoms with Crippen molar-refractivity contribution < 1.29 is 9.53 Å². The summed E-state index contributed by atoms with van der Waals surface area (Å²) in [5.74, 6) is 0.336. The van der Waals surface area contributed by atoms with Gasteiger partial charge in [0.15, 0.2) is 0 Å². The monoisotopic (exact) mass is 528 g/mol. The van der Waals surface area contributed by atoms with Crippen LogP contribution < -0.4 is 5.32 Å². The van der Waals surface area contributed by atoms with Gasteiger partial charge in [0, 0.05) is 54.8 Å². The number of ether oxygens (including phenoxy) is 1. The van der Waals surface area contributed by atoms with Crippen LogP contribution in [0.5, 0.6) is 0 Å². The number of nitrogens with one attached hydrogen (secondary N) is 2. The number of hydrogen-bond acceptors (Lipinski definition) is 6. The molecule has 1 aromatic carbocycles. The second-order valence-electron chi connectivity index (χ2n) is 10.7. The molecule has 0 spiro atoms. The Morgan fingerprint density at radius 1 is 1.26 bits per heavy atom. The zero-order valence-electron chi connectivity index (χ0n) is 21.5. The number of nitrogens with zero attached hydrogens (tertiary/aromatic N) is 4. The lowest BCUT2D eigenvalue weighted by Crippen LogP contribution is -2.52. The molecular weight excluding hydrogens is 496 g/mol. The minimum absolute atomic E-state index is 0.0204. The van der Waals surface area contributed by atoms with Crippen LogP contribution in [0.15, 0.2) is 54.3 Å². The van der Waals surface area contributed by atoms with E-state index in [4.69, 9.17) is 4.74 Å². The molecule has 5 heterocycles. The van der Waals surface area contributed by atoms with Crippen molar-refractivity contribution in [1.82, 2.24) is 30.3 Å². The first-order chi connectivity index (χ1) is 18.6. The van der Waals surface area contributed by atoms with Gasteiger partial charge in [-0.2, -0.15) is 5.10 Å². The van der Waals surface area contributed by atoms with Crippen molar-refractivity contribution in [1.29, 1.82) is 0 Å². The Morgan fingerprint density at radius 2 is 2.18 bits per heavy atom. The summed E-state index contributed by atoms with van der Waals surface area (Å²) in [7, 11) is 0. The number of rotatable bonds is 4. The maximum Gasteiger partial charge on any atom is 0.317 e. The quantitative estimate of drug-likeness (QED) is 0.519. The molecule has 0 bridgehead atoms. The van der Waals surface area contributed by atoms with Crippen molar-refractivity contribution in [2.45, 2.75) is 44.9 Å². The second kappa shape index (κ2) is 9.71. The fraction of sp³-hybridized carbons (Fsp3) is 0.414. The van der Waals surface area contributed by atoms with Crippen LogP contribution >= 0.6 is 11.3 Å². The fourth-order valence-electron chi connectivity index (χ4n) is 6.17. The molecule has 1 aliphatic carbocycles. The third-order valence-electron chi connectivity index (χ3n) is 8.12. The molecule has 8 nitrogen and oxygen atoms in total. The Labute approximate surface area is 226 Å². The van der Waals surface area contributed by atoms with Crippen LogP contribution in [0.1, 0.15) is 29.1 Å². The van der Waals surface area contributed by atoms with E-state index in [0.29, 0.717) is 19.0 Å². The molecule has 38 heavy (non-hydrogen) atoms. The van der Waals surface area contributed by atoms with Crippen molar-refractivity contribution in [2.75, 3.05) is 26.2 Å². The van der Waals surface area contributed by atoms with Crippen molar-refractivity contribution in [2.24, 2.45) is 5.92 Å². The van der Waals surface area contributed by atoms with Crippen molar-refractivity contribution in [3.05, 3.63) is 70.6 Å². The van der Waals surface area contributed by atoms with Gasteiger partial charge in [-0.05, 0) is 50.1 Å². The number of thiazole rings is 1. The van der Waals surface area contributed by atoms with E-state index in [0.717, 1.165) is 76.6 Å². The highest BCUT2D eigenvalue weighted by Crippen LogP contribution is 2.33. The number of likely N-dealkylation sites (tertiary alicyclic amines) is 1. The summed E-state index contributed by atoms with van der Waals surface area (Å²) in [5.41, 5.74) is 6.60. The number of aromatic nitrogens is 3. The lowest BCUT2D eigenvalue weighted by atomic mass is 9.91. The highest BCUT2D eigenvalue weighted by Gasteiger charge is 2.32. The predicted octanol–water partition coefficient (Wildman–Crippen LogP) is 4.55. The lowest BCUT2D eigenvalue weighted by molar-refractivity contribution is 0.167.